The predicted octanol–water partition coefficient (Wildman–Crippen LogP) is 7.76. The number of halogens is 2. The normalized spacial score (nSPS) is 11.1. The zero-order chi connectivity index (χ0) is 20.8. The number of rotatable bonds is 2. The molecule has 0 saturated heterocycles. The second-order valence-corrected chi connectivity index (χ2v) is 8.85. The van der Waals surface area contributed by atoms with Crippen LogP contribution in [0, 0.1) is 11.3 Å². The summed E-state index contributed by atoms with van der Waals surface area (Å²) in [6.07, 6.45) is 0. The third-order valence-corrected chi connectivity index (χ3v) is 6.36. The Labute approximate surface area is 189 Å². The summed E-state index contributed by atoms with van der Waals surface area (Å²) in [6.45, 7) is 0. The number of H-pyrrole nitrogens is 1. The van der Waals surface area contributed by atoms with Gasteiger partial charge in [0.15, 0.2) is 0 Å². The monoisotopic (exact) mass is 516 g/mol. The van der Waals surface area contributed by atoms with Crippen LogP contribution in [0.2, 0.25) is 0 Å². The lowest BCUT2D eigenvalue weighted by Gasteiger charge is -2.16. The van der Waals surface area contributed by atoms with E-state index in [0.717, 1.165) is 42.1 Å². The Morgan fingerprint density at radius 1 is 0.767 bits per heavy atom. The SMILES string of the molecule is N#Cc1c(-c2ccc(Br)cc2)c(-c2ccc(Br)cc2)c2[nH]c3ccccc3c2c1O. The van der Waals surface area contributed by atoms with Crippen LogP contribution in [0.4, 0.5) is 0 Å². The van der Waals surface area contributed by atoms with Crippen molar-refractivity contribution in [2.45, 2.75) is 0 Å². The van der Waals surface area contributed by atoms with Crippen LogP contribution in [0.15, 0.2) is 81.7 Å². The minimum absolute atomic E-state index is 0.00345. The van der Waals surface area contributed by atoms with Crippen LogP contribution in [-0.4, -0.2) is 10.1 Å². The average molecular weight is 518 g/mol. The molecule has 0 saturated carbocycles. The summed E-state index contributed by atoms with van der Waals surface area (Å²) in [5.41, 5.74) is 5.43. The highest BCUT2D eigenvalue weighted by atomic mass is 79.9. The van der Waals surface area contributed by atoms with E-state index in [1.165, 1.54) is 0 Å². The van der Waals surface area contributed by atoms with E-state index in [1.54, 1.807) is 0 Å². The molecule has 1 heterocycles. The first kappa shape index (κ1) is 18.9. The van der Waals surface area contributed by atoms with Gasteiger partial charge in [-0.2, -0.15) is 5.26 Å². The van der Waals surface area contributed by atoms with E-state index in [-0.39, 0.29) is 11.3 Å². The summed E-state index contributed by atoms with van der Waals surface area (Å²) in [5.74, 6) is 0.00345. The van der Waals surface area contributed by atoms with Gasteiger partial charge in [0.2, 0.25) is 0 Å². The number of aromatic hydroxyl groups is 1. The number of nitrogens with one attached hydrogen (secondary N) is 1. The highest BCUT2D eigenvalue weighted by Crippen LogP contribution is 2.47. The van der Waals surface area contributed by atoms with E-state index in [2.05, 4.69) is 42.9 Å². The molecule has 5 heteroatoms. The van der Waals surface area contributed by atoms with Gasteiger partial charge < -0.3 is 10.1 Å². The molecule has 0 aliphatic heterocycles. The molecule has 0 bridgehead atoms. The number of hydrogen-bond acceptors (Lipinski definition) is 2. The molecule has 5 aromatic rings. The quantitative estimate of drug-likeness (QED) is 0.251. The van der Waals surface area contributed by atoms with Gasteiger partial charge in [-0.05, 0) is 41.5 Å². The first-order valence-electron chi connectivity index (χ1n) is 9.30. The maximum atomic E-state index is 11.2. The van der Waals surface area contributed by atoms with Crippen LogP contribution >= 0.6 is 31.9 Å². The van der Waals surface area contributed by atoms with E-state index in [4.69, 9.17) is 0 Å². The molecule has 3 nitrogen and oxygen atoms in total. The van der Waals surface area contributed by atoms with Gasteiger partial charge in [-0.1, -0.05) is 74.3 Å². The molecular formula is C25H14Br2N2O. The van der Waals surface area contributed by atoms with Crippen molar-refractivity contribution >= 4 is 53.7 Å². The van der Waals surface area contributed by atoms with Gasteiger partial charge >= 0.3 is 0 Å². The highest BCUT2D eigenvalue weighted by molar-refractivity contribution is 9.10. The first-order valence-corrected chi connectivity index (χ1v) is 10.9. The highest BCUT2D eigenvalue weighted by Gasteiger charge is 2.24. The van der Waals surface area contributed by atoms with Gasteiger partial charge in [-0.3, -0.25) is 0 Å². The van der Waals surface area contributed by atoms with Gasteiger partial charge in [-0.25, -0.2) is 0 Å². The van der Waals surface area contributed by atoms with Crippen LogP contribution in [0.1, 0.15) is 5.56 Å². The zero-order valence-electron chi connectivity index (χ0n) is 15.6. The lowest BCUT2D eigenvalue weighted by atomic mass is 9.88. The fraction of sp³-hybridized carbons (Fsp3) is 0. The Kier molecular flexibility index (Phi) is 4.62. The summed E-state index contributed by atoms with van der Waals surface area (Å²) in [4.78, 5) is 3.48. The molecule has 0 aliphatic carbocycles. The maximum absolute atomic E-state index is 11.2. The number of aromatic nitrogens is 1. The van der Waals surface area contributed by atoms with Crippen molar-refractivity contribution in [1.29, 1.82) is 5.26 Å². The smallest absolute Gasteiger partial charge is 0.144 e. The standard InChI is InChI=1S/C25H14Br2N2O/c26-16-9-5-14(6-10-16)21-19(13-28)25(30)23-18-3-1-2-4-20(18)29-24(23)22(21)15-7-11-17(27)12-8-15/h1-12,29-30H. The minimum atomic E-state index is 0.00345. The number of nitrogens with zero attached hydrogens (tertiary/aromatic N) is 1. The first-order chi connectivity index (χ1) is 14.6. The molecule has 5 rings (SSSR count). The molecule has 30 heavy (non-hydrogen) atoms. The van der Waals surface area contributed by atoms with Gasteiger partial charge in [0.1, 0.15) is 17.4 Å². The molecule has 0 radical (unpaired) electrons. The van der Waals surface area contributed by atoms with Gasteiger partial charge in [0.25, 0.3) is 0 Å². The number of para-hydroxylation sites is 1. The second kappa shape index (κ2) is 7.32. The van der Waals surface area contributed by atoms with Crippen molar-refractivity contribution in [1.82, 2.24) is 4.98 Å². The average Bonchev–Trinajstić information content (AvgIpc) is 3.15. The van der Waals surface area contributed by atoms with Crippen molar-refractivity contribution in [3.05, 3.63) is 87.3 Å². The number of hydrogen-bond donors (Lipinski definition) is 2. The Balaban J connectivity index is 2.02. The molecule has 0 atom stereocenters. The van der Waals surface area contributed by atoms with Crippen molar-refractivity contribution < 1.29 is 5.11 Å². The van der Waals surface area contributed by atoms with Crippen LogP contribution in [-0.2, 0) is 0 Å². The predicted molar refractivity (Wildman–Crippen MR) is 128 cm³/mol. The molecule has 0 aliphatic rings. The van der Waals surface area contributed by atoms with Gasteiger partial charge in [0, 0.05) is 31.0 Å². The summed E-state index contributed by atoms with van der Waals surface area (Å²) in [6, 6.07) is 25.9. The minimum Gasteiger partial charge on any atom is -0.506 e. The Morgan fingerprint density at radius 3 is 1.93 bits per heavy atom. The summed E-state index contributed by atoms with van der Waals surface area (Å²) in [7, 11) is 0. The zero-order valence-corrected chi connectivity index (χ0v) is 18.8. The fourth-order valence-electron chi connectivity index (χ4n) is 3.99. The number of phenols is 1. The van der Waals surface area contributed by atoms with Crippen LogP contribution in [0.3, 0.4) is 0 Å². The van der Waals surface area contributed by atoms with E-state index in [9.17, 15) is 10.4 Å². The maximum Gasteiger partial charge on any atom is 0.144 e. The summed E-state index contributed by atoms with van der Waals surface area (Å²) >= 11 is 6.98. The number of phenolic OH excluding ortho intramolecular Hbond substituents is 1. The molecule has 0 amide bonds. The van der Waals surface area contributed by atoms with E-state index in [1.807, 2.05) is 72.8 Å². The molecule has 4 aromatic carbocycles. The topological polar surface area (TPSA) is 59.8 Å². The third-order valence-electron chi connectivity index (χ3n) is 5.31. The molecule has 144 valence electrons. The Morgan fingerprint density at radius 2 is 1.33 bits per heavy atom. The number of fused-ring (bicyclic) bond motifs is 3. The molecule has 1 aromatic heterocycles. The van der Waals surface area contributed by atoms with Gasteiger partial charge in [-0.15, -0.1) is 0 Å². The van der Waals surface area contributed by atoms with Crippen molar-refractivity contribution in [3.63, 3.8) is 0 Å². The number of benzene rings is 4. The third kappa shape index (κ3) is 2.92. The fourth-order valence-corrected chi connectivity index (χ4v) is 4.52. The Bertz CT molecular complexity index is 1460. The molecule has 0 unspecified atom stereocenters. The van der Waals surface area contributed by atoms with Crippen LogP contribution < -0.4 is 0 Å². The largest absolute Gasteiger partial charge is 0.506 e. The van der Waals surface area contributed by atoms with Crippen LogP contribution in [0.25, 0.3) is 44.1 Å². The number of aromatic amines is 1. The lowest BCUT2D eigenvalue weighted by molar-refractivity contribution is 0.480. The Hall–Kier alpha value is -3.07. The molecular weight excluding hydrogens is 504 g/mol. The lowest BCUT2D eigenvalue weighted by Crippen LogP contribution is -1.93. The van der Waals surface area contributed by atoms with E-state index >= 15 is 0 Å². The van der Waals surface area contributed by atoms with Crippen molar-refractivity contribution in [3.8, 4) is 34.1 Å². The van der Waals surface area contributed by atoms with E-state index < -0.39 is 0 Å². The summed E-state index contributed by atoms with van der Waals surface area (Å²) in [5, 5.41) is 22.8. The van der Waals surface area contributed by atoms with Crippen molar-refractivity contribution in [2.75, 3.05) is 0 Å². The van der Waals surface area contributed by atoms with Crippen LogP contribution in [0.5, 0.6) is 5.75 Å². The second-order valence-electron chi connectivity index (χ2n) is 7.02. The molecule has 2 N–H and O–H groups in total. The molecule has 0 spiro atoms. The molecule has 0 fully saturated rings. The van der Waals surface area contributed by atoms with E-state index in [0.29, 0.717) is 10.9 Å². The number of nitriles is 1. The van der Waals surface area contributed by atoms with Gasteiger partial charge in [0.05, 0.1) is 10.9 Å². The summed E-state index contributed by atoms with van der Waals surface area (Å²) < 4.78 is 1.93. The van der Waals surface area contributed by atoms with Crippen molar-refractivity contribution in [2.24, 2.45) is 0 Å².